The molecule has 0 radical (unpaired) electrons. The number of ether oxygens (including phenoxy) is 1. The largest absolute Gasteiger partial charge is 0.503 e. The van der Waals surface area contributed by atoms with Gasteiger partial charge in [0.1, 0.15) is 6.61 Å². The average Bonchev–Trinajstić information content (AvgIpc) is 2.69. The summed E-state index contributed by atoms with van der Waals surface area (Å²) in [7, 11) is 0. The van der Waals surface area contributed by atoms with Crippen LogP contribution in [0.1, 0.15) is 11.3 Å². The van der Waals surface area contributed by atoms with Gasteiger partial charge in [0, 0.05) is 11.8 Å². The van der Waals surface area contributed by atoms with Crippen molar-refractivity contribution in [3.05, 3.63) is 47.7 Å². The van der Waals surface area contributed by atoms with E-state index in [0.717, 1.165) is 5.56 Å². The minimum absolute atomic E-state index is 0.0139. The Bertz CT molecular complexity index is 451. The van der Waals surface area contributed by atoms with Crippen molar-refractivity contribution < 1.29 is 14.9 Å². The number of hydrogen-bond acceptors (Lipinski definition) is 3. The summed E-state index contributed by atoms with van der Waals surface area (Å²) in [4.78, 5) is 2.78. The van der Waals surface area contributed by atoms with Gasteiger partial charge in [-0.1, -0.05) is 30.3 Å². The van der Waals surface area contributed by atoms with Crippen LogP contribution < -0.4 is 4.74 Å². The molecule has 0 fully saturated rings. The summed E-state index contributed by atoms with van der Waals surface area (Å²) in [5.41, 5.74) is 1.54. The molecule has 0 bridgehead atoms. The molecule has 2 rings (SSSR count). The molecule has 84 valence electrons. The zero-order chi connectivity index (χ0) is 11.4. The van der Waals surface area contributed by atoms with E-state index in [1.54, 1.807) is 0 Å². The molecule has 0 aliphatic carbocycles. The molecule has 0 amide bonds. The highest BCUT2D eigenvalue weighted by Gasteiger charge is 2.07. The highest BCUT2D eigenvalue weighted by Crippen LogP contribution is 2.26. The van der Waals surface area contributed by atoms with Gasteiger partial charge in [-0.3, -0.25) is 0 Å². The molecular weight excluding hydrogens is 206 g/mol. The van der Waals surface area contributed by atoms with Crippen LogP contribution in [0.25, 0.3) is 0 Å². The average molecular weight is 219 g/mol. The van der Waals surface area contributed by atoms with Crippen LogP contribution in [-0.4, -0.2) is 15.2 Å². The summed E-state index contributed by atoms with van der Waals surface area (Å²) in [5, 5.41) is 18.3. The van der Waals surface area contributed by atoms with Crippen LogP contribution in [0.4, 0.5) is 0 Å². The Morgan fingerprint density at radius 3 is 2.56 bits per heavy atom. The summed E-state index contributed by atoms with van der Waals surface area (Å²) in [6.45, 7) is 0.224. The van der Waals surface area contributed by atoms with E-state index < -0.39 is 0 Å². The van der Waals surface area contributed by atoms with Gasteiger partial charge in [-0.05, 0) is 5.56 Å². The molecule has 0 spiro atoms. The first-order valence-electron chi connectivity index (χ1n) is 4.98. The Morgan fingerprint density at radius 1 is 1.19 bits per heavy atom. The lowest BCUT2D eigenvalue weighted by Gasteiger charge is -2.04. The summed E-state index contributed by atoms with van der Waals surface area (Å²) in [6.07, 6.45) is 0. The third kappa shape index (κ3) is 2.35. The molecule has 16 heavy (non-hydrogen) atoms. The summed E-state index contributed by atoms with van der Waals surface area (Å²) in [5.74, 6) is 0.299. The van der Waals surface area contributed by atoms with Crippen LogP contribution in [0.3, 0.4) is 0 Å². The van der Waals surface area contributed by atoms with Crippen LogP contribution in [-0.2, 0) is 13.2 Å². The second-order valence-corrected chi connectivity index (χ2v) is 3.44. The van der Waals surface area contributed by atoms with Gasteiger partial charge >= 0.3 is 0 Å². The number of benzene rings is 1. The number of aromatic hydroxyl groups is 1. The third-order valence-electron chi connectivity index (χ3n) is 2.21. The normalized spacial score (nSPS) is 10.3. The first-order valence-corrected chi connectivity index (χ1v) is 4.98. The number of aromatic amines is 1. The van der Waals surface area contributed by atoms with Gasteiger partial charge in [0.25, 0.3) is 0 Å². The smallest absolute Gasteiger partial charge is 0.234 e. The number of hydrogen-bond donors (Lipinski definition) is 3. The number of H-pyrrole nitrogens is 1. The Morgan fingerprint density at radius 2 is 1.94 bits per heavy atom. The maximum atomic E-state index is 9.47. The quantitative estimate of drug-likeness (QED) is 0.734. The molecule has 0 saturated heterocycles. The van der Waals surface area contributed by atoms with E-state index in [0.29, 0.717) is 12.3 Å². The van der Waals surface area contributed by atoms with Crippen molar-refractivity contribution in [1.29, 1.82) is 0 Å². The van der Waals surface area contributed by atoms with Crippen LogP contribution in [0, 0.1) is 0 Å². The van der Waals surface area contributed by atoms with E-state index in [1.807, 2.05) is 30.3 Å². The van der Waals surface area contributed by atoms with E-state index in [4.69, 9.17) is 9.84 Å². The lowest BCUT2D eigenvalue weighted by molar-refractivity contribution is 0.267. The molecule has 4 heteroatoms. The van der Waals surface area contributed by atoms with Crippen molar-refractivity contribution in [2.75, 3.05) is 0 Å². The molecule has 0 aliphatic heterocycles. The number of aromatic nitrogens is 1. The van der Waals surface area contributed by atoms with E-state index in [-0.39, 0.29) is 18.2 Å². The molecule has 3 N–H and O–H groups in total. The molecule has 0 unspecified atom stereocenters. The van der Waals surface area contributed by atoms with Crippen molar-refractivity contribution in [3.8, 4) is 11.6 Å². The topological polar surface area (TPSA) is 65.5 Å². The van der Waals surface area contributed by atoms with Crippen LogP contribution in [0.5, 0.6) is 11.6 Å². The van der Waals surface area contributed by atoms with E-state index in [2.05, 4.69) is 4.98 Å². The van der Waals surface area contributed by atoms with Crippen molar-refractivity contribution >= 4 is 0 Å². The van der Waals surface area contributed by atoms with Crippen LogP contribution >= 0.6 is 0 Å². The summed E-state index contributed by atoms with van der Waals surface area (Å²) < 4.78 is 5.39. The fraction of sp³-hybridized carbons (Fsp3) is 0.167. The predicted molar refractivity (Wildman–Crippen MR) is 59.2 cm³/mol. The molecule has 0 saturated carbocycles. The van der Waals surface area contributed by atoms with Gasteiger partial charge in [0.15, 0.2) is 5.75 Å². The first-order chi connectivity index (χ1) is 7.79. The minimum Gasteiger partial charge on any atom is -0.503 e. The van der Waals surface area contributed by atoms with Crippen molar-refractivity contribution in [3.63, 3.8) is 0 Å². The van der Waals surface area contributed by atoms with Gasteiger partial charge in [0.05, 0.1) is 6.61 Å². The van der Waals surface area contributed by atoms with Gasteiger partial charge in [-0.25, -0.2) is 0 Å². The van der Waals surface area contributed by atoms with E-state index in [1.165, 1.54) is 6.07 Å². The SMILES string of the molecule is OCc1cc(O)c(OCc2ccccc2)[nH]1. The maximum Gasteiger partial charge on any atom is 0.234 e. The second-order valence-electron chi connectivity index (χ2n) is 3.44. The molecular formula is C12H13NO3. The lowest BCUT2D eigenvalue weighted by atomic mass is 10.2. The van der Waals surface area contributed by atoms with E-state index in [9.17, 15) is 5.11 Å². The van der Waals surface area contributed by atoms with Crippen LogP contribution in [0.15, 0.2) is 36.4 Å². The lowest BCUT2D eigenvalue weighted by Crippen LogP contribution is -1.95. The predicted octanol–water partition coefficient (Wildman–Crippen LogP) is 1.79. The fourth-order valence-corrected chi connectivity index (χ4v) is 1.40. The highest BCUT2D eigenvalue weighted by molar-refractivity contribution is 5.36. The Hall–Kier alpha value is -1.94. The highest BCUT2D eigenvalue weighted by atomic mass is 16.5. The van der Waals surface area contributed by atoms with E-state index >= 15 is 0 Å². The first kappa shape index (κ1) is 10.6. The molecule has 1 heterocycles. The van der Waals surface area contributed by atoms with Crippen molar-refractivity contribution in [2.24, 2.45) is 0 Å². The number of rotatable bonds is 4. The van der Waals surface area contributed by atoms with Gasteiger partial charge in [-0.2, -0.15) is 0 Å². The third-order valence-corrected chi connectivity index (χ3v) is 2.21. The number of aliphatic hydroxyl groups is 1. The molecule has 1 aromatic heterocycles. The zero-order valence-corrected chi connectivity index (χ0v) is 8.68. The maximum absolute atomic E-state index is 9.47. The summed E-state index contributed by atoms with van der Waals surface area (Å²) in [6, 6.07) is 11.1. The molecule has 0 atom stereocenters. The molecule has 1 aromatic carbocycles. The Balaban J connectivity index is 2.02. The molecule has 4 nitrogen and oxygen atoms in total. The van der Waals surface area contributed by atoms with Crippen LogP contribution in [0.2, 0.25) is 0 Å². The van der Waals surface area contributed by atoms with Gasteiger partial charge < -0.3 is 19.9 Å². The minimum atomic E-state index is -0.151. The fourth-order valence-electron chi connectivity index (χ4n) is 1.40. The zero-order valence-electron chi connectivity index (χ0n) is 8.68. The number of nitrogens with one attached hydrogen (secondary N) is 1. The van der Waals surface area contributed by atoms with Crippen molar-refractivity contribution in [2.45, 2.75) is 13.2 Å². The van der Waals surface area contributed by atoms with Gasteiger partial charge in [0.2, 0.25) is 5.88 Å². The standard InChI is InChI=1S/C12H13NO3/c14-7-10-6-11(15)12(13-10)16-8-9-4-2-1-3-5-9/h1-6,13-15H,7-8H2. The number of aliphatic hydroxyl groups excluding tert-OH is 1. The Kier molecular flexibility index (Phi) is 3.12. The monoisotopic (exact) mass is 219 g/mol. The second kappa shape index (κ2) is 4.72. The van der Waals surface area contributed by atoms with Crippen molar-refractivity contribution in [1.82, 2.24) is 4.98 Å². The summed E-state index contributed by atoms with van der Waals surface area (Å²) >= 11 is 0. The Labute approximate surface area is 93.1 Å². The van der Waals surface area contributed by atoms with Gasteiger partial charge in [-0.15, -0.1) is 0 Å². The molecule has 2 aromatic rings. The molecule has 0 aliphatic rings.